The van der Waals surface area contributed by atoms with Crippen LogP contribution < -0.4 is 16.5 Å². The van der Waals surface area contributed by atoms with E-state index in [1.165, 1.54) is 12.1 Å². The predicted molar refractivity (Wildman–Crippen MR) is 140 cm³/mol. The summed E-state index contributed by atoms with van der Waals surface area (Å²) in [5.41, 5.74) is 8.43. The van der Waals surface area contributed by atoms with Gasteiger partial charge in [0, 0.05) is 54.7 Å². The summed E-state index contributed by atoms with van der Waals surface area (Å²) in [6, 6.07) is 2.97. The summed E-state index contributed by atoms with van der Waals surface area (Å²) in [5.74, 6) is 7.27. The van der Waals surface area contributed by atoms with Crippen molar-refractivity contribution in [3.63, 3.8) is 0 Å². The number of pyridine rings is 1. The summed E-state index contributed by atoms with van der Waals surface area (Å²) in [7, 11) is 0. The van der Waals surface area contributed by atoms with E-state index in [9.17, 15) is 5.11 Å². The van der Waals surface area contributed by atoms with Crippen molar-refractivity contribution in [2.45, 2.75) is 45.4 Å². The number of anilines is 1. The third kappa shape index (κ3) is 4.77. The number of nitrogens with zero attached hydrogens (tertiary/aromatic N) is 5. The number of aromatic nitrogens is 3. The molecule has 1 fully saturated rings. The zero-order valence-electron chi connectivity index (χ0n) is 20.3. The number of hydrogen-bond donors (Lipinski definition) is 3. The van der Waals surface area contributed by atoms with Crippen LogP contribution in [0.15, 0.2) is 30.2 Å². The molecule has 0 spiro atoms. The molecule has 190 valence electrons. The van der Waals surface area contributed by atoms with Crippen LogP contribution in [-0.4, -0.2) is 44.7 Å². The van der Waals surface area contributed by atoms with Crippen molar-refractivity contribution in [3.05, 3.63) is 52.5 Å². The maximum Gasteiger partial charge on any atom is 0.175 e. The molecular formula is C26H31ClFN7O. The fraction of sp³-hybridized carbons (Fsp3) is 0.423. The highest BCUT2D eigenvalue weighted by molar-refractivity contribution is 6.32. The highest BCUT2D eigenvalue weighted by atomic mass is 35.5. The number of aromatic hydroxyl groups is 1. The molecule has 0 saturated carbocycles. The van der Waals surface area contributed by atoms with Crippen LogP contribution in [0.25, 0.3) is 22.2 Å². The van der Waals surface area contributed by atoms with E-state index >= 15 is 4.39 Å². The van der Waals surface area contributed by atoms with Gasteiger partial charge in [0.15, 0.2) is 5.82 Å². The molecule has 0 amide bonds. The molecule has 36 heavy (non-hydrogen) atoms. The molecular weight excluding hydrogens is 481 g/mol. The minimum atomic E-state index is -0.542. The lowest BCUT2D eigenvalue weighted by Crippen LogP contribution is -2.42. The van der Waals surface area contributed by atoms with Gasteiger partial charge in [0.05, 0.1) is 5.39 Å². The normalized spacial score (nSPS) is 20.3. The van der Waals surface area contributed by atoms with Crippen molar-refractivity contribution in [3.8, 4) is 17.0 Å². The molecule has 10 heteroatoms. The third-order valence-electron chi connectivity index (χ3n) is 6.97. The monoisotopic (exact) mass is 511 g/mol. The molecule has 0 radical (unpaired) electrons. The van der Waals surface area contributed by atoms with Gasteiger partial charge in [-0.05, 0) is 55.7 Å². The number of hydrogen-bond acceptors (Lipinski definition) is 8. The van der Waals surface area contributed by atoms with Crippen molar-refractivity contribution < 1.29 is 9.50 Å². The van der Waals surface area contributed by atoms with Gasteiger partial charge in [0.1, 0.15) is 28.6 Å². The maximum absolute atomic E-state index is 16.2. The highest BCUT2D eigenvalue weighted by Gasteiger charge is 2.26. The van der Waals surface area contributed by atoms with E-state index in [1.807, 2.05) is 6.92 Å². The Morgan fingerprint density at radius 3 is 2.83 bits per heavy atom. The van der Waals surface area contributed by atoms with Crippen LogP contribution in [0.4, 0.5) is 10.2 Å². The Labute approximate surface area is 214 Å². The van der Waals surface area contributed by atoms with E-state index in [-0.39, 0.29) is 17.0 Å². The minimum Gasteiger partial charge on any atom is -0.508 e. The fourth-order valence-corrected chi connectivity index (χ4v) is 5.57. The molecule has 1 aromatic carbocycles. The first-order chi connectivity index (χ1) is 17.3. The van der Waals surface area contributed by atoms with Crippen molar-refractivity contribution >= 4 is 28.3 Å². The van der Waals surface area contributed by atoms with Gasteiger partial charge in [-0.15, -0.1) is 0 Å². The summed E-state index contributed by atoms with van der Waals surface area (Å²) in [5, 5.41) is 12.9. The van der Waals surface area contributed by atoms with Crippen molar-refractivity contribution in [1.29, 1.82) is 0 Å². The molecule has 2 aromatic heterocycles. The van der Waals surface area contributed by atoms with Gasteiger partial charge in [-0.3, -0.25) is 4.98 Å². The Kier molecular flexibility index (Phi) is 6.85. The molecule has 6 bridgehead atoms. The topological polar surface area (TPSA) is 117 Å². The molecule has 1 saturated heterocycles. The smallest absolute Gasteiger partial charge is 0.175 e. The first-order valence-electron chi connectivity index (χ1n) is 12.4. The van der Waals surface area contributed by atoms with Crippen molar-refractivity contribution in [1.82, 2.24) is 20.0 Å². The number of nitrogens with two attached hydrogens (primary N) is 2. The van der Waals surface area contributed by atoms with Crippen LogP contribution in [-0.2, 0) is 12.8 Å². The number of fused-ring (bicyclic) bond motifs is 6. The highest BCUT2D eigenvalue weighted by Crippen LogP contribution is 2.38. The lowest BCUT2D eigenvalue weighted by atomic mass is 9.97. The SMILES string of the molecule is CCc1nc2c3cnc(c(F)c3n1)-c1cc(O)cc(Cl)c1CCC/C(N)=C/N(N)CC1CCCN2C1. The van der Waals surface area contributed by atoms with Gasteiger partial charge in [-0.2, -0.15) is 0 Å². The van der Waals surface area contributed by atoms with Crippen LogP contribution in [0.5, 0.6) is 5.75 Å². The second kappa shape index (κ2) is 10.1. The van der Waals surface area contributed by atoms with E-state index in [0.29, 0.717) is 77.0 Å². The minimum absolute atomic E-state index is 0.0545. The van der Waals surface area contributed by atoms with Gasteiger partial charge in [0.2, 0.25) is 0 Å². The molecule has 3 aliphatic heterocycles. The third-order valence-corrected chi connectivity index (χ3v) is 7.31. The quantitative estimate of drug-likeness (QED) is 0.414. The van der Waals surface area contributed by atoms with Gasteiger partial charge in [-0.1, -0.05) is 18.5 Å². The average Bonchev–Trinajstić information content (AvgIpc) is 2.84. The number of piperidine rings is 1. The van der Waals surface area contributed by atoms with Gasteiger partial charge < -0.3 is 20.7 Å². The Hall–Kier alpha value is -3.17. The number of halogens is 2. The number of aryl methyl sites for hydroxylation is 1. The fourth-order valence-electron chi connectivity index (χ4n) is 5.27. The van der Waals surface area contributed by atoms with Gasteiger partial charge >= 0.3 is 0 Å². The number of hydrazine groups is 1. The van der Waals surface area contributed by atoms with Gasteiger partial charge in [0.25, 0.3) is 0 Å². The van der Waals surface area contributed by atoms with Crippen molar-refractivity contribution in [2.75, 3.05) is 24.5 Å². The number of rotatable bonds is 1. The summed E-state index contributed by atoms with van der Waals surface area (Å²) >= 11 is 6.53. The average molecular weight is 512 g/mol. The lowest BCUT2D eigenvalue weighted by molar-refractivity contribution is 0.282. The second-order valence-corrected chi connectivity index (χ2v) is 10.1. The first-order valence-corrected chi connectivity index (χ1v) is 12.8. The van der Waals surface area contributed by atoms with E-state index in [2.05, 4.69) is 14.9 Å². The summed E-state index contributed by atoms with van der Waals surface area (Å²) in [6.07, 6.45) is 7.82. The molecule has 1 unspecified atom stereocenters. The van der Waals surface area contributed by atoms with Crippen LogP contribution in [0.2, 0.25) is 5.02 Å². The largest absolute Gasteiger partial charge is 0.508 e. The molecule has 5 heterocycles. The van der Waals surface area contributed by atoms with Crippen LogP contribution in [0, 0.1) is 11.7 Å². The second-order valence-electron chi connectivity index (χ2n) is 9.66. The molecule has 5 N–H and O–H groups in total. The molecule has 6 rings (SSSR count). The molecule has 8 nitrogen and oxygen atoms in total. The number of phenolic OH excluding ortho intramolecular Hbond substituents is 1. The Bertz CT molecular complexity index is 1330. The Balaban J connectivity index is 1.73. The Morgan fingerprint density at radius 1 is 1.19 bits per heavy atom. The number of allylic oxidation sites excluding steroid dienone is 1. The number of phenols is 1. The molecule has 1 atom stereocenters. The summed E-state index contributed by atoms with van der Waals surface area (Å²) in [4.78, 5) is 16.1. The maximum atomic E-state index is 16.2. The molecule has 0 aliphatic carbocycles. The van der Waals surface area contributed by atoms with Gasteiger partial charge in [-0.25, -0.2) is 20.2 Å². The zero-order valence-corrected chi connectivity index (χ0v) is 21.1. The van der Waals surface area contributed by atoms with Crippen LogP contribution in [0.3, 0.4) is 0 Å². The summed E-state index contributed by atoms with van der Waals surface area (Å²) in [6.45, 7) is 4.16. The van der Waals surface area contributed by atoms with Crippen LogP contribution in [0.1, 0.15) is 44.0 Å². The predicted octanol–water partition coefficient (Wildman–Crippen LogP) is 4.28. The first kappa shape index (κ1) is 24.5. The van der Waals surface area contributed by atoms with E-state index in [4.69, 9.17) is 28.2 Å². The van der Waals surface area contributed by atoms with E-state index in [0.717, 1.165) is 25.9 Å². The summed E-state index contributed by atoms with van der Waals surface area (Å²) < 4.78 is 16.2. The number of benzene rings is 1. The zero-order chi connectivity index (χ0) is 25.4. The molecule has 3 aliphatic rings. The lowest BCUT2D eigenvalue weighted by Gasteiger charge is -2.35. The molecule has 3 aromatic rings. The van der Waals surface area contributed by atoms with E-state index in [1.54, 1.807) is 17.4 Å². The Morgan fingerprint density at radius 2 is 2.03 bits per heavy atom. The standard InChI is InChI=1S/C26H31ClFN7O/c1-2-22-32-25-20-11-31-24(23(25)28)19-9-17(36)10-21(27)18(19)7-3-6-16(29)14-35(30)13-15-5-4-8-34(12-15)26(20)33-22/h9-11,14-15,36H,2-8,12-13,29-30H2,1H3/b16-14-. The van der Waals surface area contributed by atoms with E-state index < -0.39 is 5.82 Å². The van der Waals surface area contributed by atoms with Crippen molar-refractivity contribution in [2.24, 2.45) is 17.5 Å². The van der Waals surface area contributed by atoms with Crippen LogP contribution >= 0.6 is 11.6 Å².